The molecule has 2 N–H and O–H groups in total. The Bertz CT molecular complexity index is 2050. The Hall–Kier alpha value is -5.12. The number of para-hydroxylation sites is 2. The molecular formula is C42H46N6O4. The smallest absolute Gasteiger partial charge is 0.277 e. The minimum absolute atomic E-state index is 0.219. The number of fused-ring (bicyclic) bond motifs is 4. The molecule has 0 unspecified atom stereocenters. The number of aromatic nitrogens is 2. The van der Waals surface area contributed by atoms with Crippen LogP contribution in [-0.2, 0) is 32.0 Å². The van der Waals surface area contributed by atoms with Gasteiger partial charge in [0, 0.05) is 84.6 Å². The second-order valence-electron chi connectivity index (χ2n) is 15.5. The number of aromatic amines is 2. The first-order valence-corrected chi connectivity index (χ1v) is 19.1. The van der Waals surface area contributed by atoms with Crippen molar-refractivity contribution in [2.75, 3.05) is 40.3 Å². The van der Waals surface area contributed by atoms with Crippen molar-refractivity contribution < 1.29 is 19.2 Å². The molecule has 11 rings (SSSR count). The van der Waals surface area contributed by atoms with Crippen molar-refractivity contribution >= 4 is 56.6 Å². The van der Waals surface area contributed by atoms with Crippen molar-refractivity contribution in [3.63, 3.8) is 0 Å². The maximum Gasteiger partial charge on any atom is 0.277 e. The highest BCUT2D eigenvalue weighted by Gasteiger charge is 2.44. The maximum atomic E-state index is 14.0. The largest absolute Gasteiger partial charge is 0.366 e. The zero-order chi connectivity index (χ0) is 35.7. The number of H-pyrrole nitrogens is 2. The first-order chi connectivity index (χ1) is 25.3. The van der Waals surface area contributed by atoms with Gasteiger partial charge >= 0.3 is 0 Å². The molecule has 7 aliphatic heterocycles. The number of imide groups is 2. The molecule has 52 heavy (non-hydrogen) atoms. The second-order valence-corrected chi connectivity index (χ2v) is 15.5. The fraction of sp³-hybridized carbons (Fsp3) is 0.429. The summed E-state index contributed by atoms with van der Waals surface area (Å²) in [7, 11) is 3.20. The summed E-state index contributed by atoms with van der Waals surface area (Å²) in [5.74, 6) is 0.258. The Morgan fingerprint density at radius 3 is 1.35 bits per heavy atom. The first-order valence-electron chi connectivity index (χ1n) is 19.1. The minimum atomic E-state index is -0.251. The van der Waals surface area contributed by atoms with E-state index in [-0.39, 0.29) is 23.6 Å². The number of nitrogens with zero attached hydrogens (tertiary/aromatic N) is 4. The maximum absolute atomic E-state index is 14.0. The van der Waals surface area contributed by atoms with Gasteiger partial charge in [-0.05, 0) is 68.9 Å². The molecule has 4 amide bonds. The number of carbonyl (C=O) groups is 4. The third-order valence-electron chi connectivity index (χ3n) is 12.5. The third kappa shape index (κ3) is 5.20. The molecule has 4 bridgehead atoms. The highest BCUT2D eigenvalue weighted by atomic mass is 16.2. The predicted molar refractivity (Wildman–Crippen MR) is 200 cm³/mol. The number of piperidine rings is 2. The molecule has 0 radical (unpaired) electrons. The Kier molecular flexibility index (Phi) is 8.08. The van der Waals surface area contributed by atoms with Gasteiger partial charge in [-0.1, -0.05) is 55.7 Å². The Labute approximate surface area is 303 Å². The fourth-order valence-electron chi connectivity index (χ4n) is 9.66. The Morgan fingerprint density at radius 2 is 0.923 bits per heavy atom. The molecule has 0 saturated carbocycles. The summed E-state index contributed by atoms with van der Waals surface area (Å²) in [5, 5.41) is 1.88. The lowest BCUT2D eigenvalue weighted by molar-refractivity contribution is -0.137. The van der Waals surface area contributed by atoms with Gasteiger partial charge in [-0.25, -0.2) is 0 Å². The molecule has 10 heteroatoms. The summed E-state index contributed by atoms with van der Waals surface area (Å²) in [6.07, 6.45) is 9.47. The summed E-state index contributed by atoms with van der Waals surface area (Å²) >= 11 is 0. The summed E-state index contributed by atoms with van der Waals surface area (Å²) in [6, 6.07) is 16.1. The lowest BCUT2D eigenvalue weighted by Crippen LogP contribution is -2.38. The summed E-state index contributed by atoms with van der Waals surface area (Å²) in [6.45, 7) is 3.09. The highest BCUT2D eigenvalue weighted by molar-refractivity contribution is 6.38. The quantitative estimate of drug-likeness (QED) is 0.223. The molecule has 2 saturated heterocycles. The number of hydrogen-bond donors (Lipinski definition) is 2. The van der Waals surface area contributed by atoms with Crippen LogP contribution in [0.25, 0.3) is 33.0 Å². The van der Waals surface area contributed by atoms with Crippen molar-refractivity contribution in [3.8, 4) is 0 Å². The van der Waals surface area contributed by atoms with Crippen LogP contribution in [0.5, 0.6) is 0 Å². The first kappa shape index (κ1) is 32.8. The monoisotopic (exact) mass is 698 g/mol. The van der Waals surface area contributed by atoms with E-state index in [0.717, 1.165) is 115 Å². The molecule has 10 nitrogen and oxygen atoms in total. The zero-order valence-electron chi connectivity index (χ0n) is 30.1. The molecule has 7 aliphatic rings. The normalized spacial score (nSPS) is 23.5. The number of likely N-dealkylation sites (N-methyl/N-ethyl adjacent to an activating group) is 2. The average molecular weight is 699 g/mol. The van der Waals surface area contributed by atoms with Gasteiger partial charge in [0.25, 0.3) is 23.6 Å². The second kappa shape index (κ2) is 12.8. The molecule has 0 aliphatic carbocycles. The van der Waals surface area contributed by atoms with Gasteiger partial charge < -0.3 is 19.8 Å². The van der Waals surface area contributed by atoms with Crippen LogP contribution in [0.4, 0.5) is 0 Å². The molecular weight excluding hydrogens is 652 g/mol. The number of amides is 4. The number of benzene rings is 2. The van der Waals surface area contributed by atoms with Crippen LogP contribution in [0.1, 0.15) is 73.9 Å². The van der Waals surface area contributed by atoms with Crippen molar-refractivity contribution in [3.05, 3.63) is 82.4 Å². The van der Waals surface area contributed by atoms with E-state index >= 15 is 0 Å². The van der Waals surface area contributed by atoms with Crippen LogP contribution in [0.15, 0.2) is 59.9 Å². The third-order valence-corrected chi connectivity index (χ3v) is 12.5. The SMILES string of the molecule is CN1C(=O)C2=C(C1=O)N1CCC(CCCC3CCN(CC3)C3=C(C(=O)N(C)C3=O)c3c([nH]c4ccccc34)CCCc3[nH]c4ccccc4c32)CC1. The number of aryl methyl sites for hydroxylation is 2. The zero-order valence-corrected chi connectivity index (χ0v) is 30.1. The fourth-order valence-corrected chi connectivity index (χ4v) is 9.66. The lowest BCUT2D eigenvalue weighted by atomic mass is 9.86. The van der Waals surface area contributed by atoms with E-state index in [0.29, 0.717) is 53.6 Å². The number of carbonyl (C=O) groups excluding carboxylic acids is 4. The van der Waals surface area contributed by atoms with Crippen LogP contribution >= 0.6 is 0 Å². The lowest BCUT2D eigenvalue weighted by Gasteiger charge is -2.35. The summed E-state index contributed by atoms with van der Waals surface area (Å²) in [5.41, 5.74) is 7.44. The van der Waals surface area contributed by atoms with Crippen molar-refractivity contribution in [2.45, 2.75) is 64.2 Å². The minimum Gasteiger partial charge on any atom is -0.366 e. The van der Waals surface area contributed by atoms with Gasteiger partial charge in [-0.3, -0.25) is 29.0 Å². The van der Waals surface area contributed by atoms with Crippen LogP contribution in [-0.4, -0.2) is 93.5 Å². The Morgan fingerprint density at radius 1 is 0.519 bits per heavy atom. The van der Waals surface area contributed by atoms with Crippen LogP contribution in [0.3, 0.4) is 0 Å². The Balaban J connectivity index is 1.17. The van der Waals surface area contributed by atoms with Gasteiger partial charge in [-0.15, -0.1) is 0 Å². The van der Waals surface area contributed by atoms with Gasteiger partial charge in [-0.2, -0.15) is 0 Å². The van der Waals surface area contributed by atoms with Gasteiger partial charge in [0.05, 0.1) is 11.1 Å². The van der Waals surface area contributed by atoms with E-state index in [9.17, 15) is 19.2 Å². The molecule has 9 heterocycles. The van der Waals surface area contributed by atoms with Crippen LogP contribution in [0.2, 0.25) is 0 Å². The van der Waals surface area contributed by atoms with Gasteiger partial charge in [0.15, 0.2) is 0 Å². The molecule has 2 fully saturated rings. The van der Waals surface area contributed by atoms with E-state index < -0.39 is 0 Å². The molecule has 0 spiro atoms. The van der Waals surface area contributed by atoms with E-state index in [2.05, 4.69) is 19.8 Å². The number of rotatable bonds is 0. The average Bonchev–Trinajstić information content (AvgIpc) is 3.84. The van der Waals surface area contributed by atoms with E-state index in [4.69, 9.17) is 0 Å². The number of hydrogen-bond acceptors (Lipinski definition) is 6. The highest BCUT2D eigenvalue weighted by Crippen LogP contribution is 2.42. The van der Waals surface area contributed by atoms with Crippen molar-refractivity contribution in [2.24, 2.45) is 11.8 Å². The topological polar surface area (TPSA) is 113 Å². The standard InChI is InChI=1S/C42H46N6O4/c1-45-39(49)35-33-27-11-3-5-13-29(27)43-31(33)15-8-16-32-34(28-12-4-6-14-30(28)44-32)36-38(42(52)46(2)40(36)50)48-23-19-26(20-24-48)10-7-9-25-17-21-47(22-18-25)37(35)41(45)51/h3-6,11-14,25-26,43-44H,7-10,15-24H2,1-2H3. The van der Waals surface area contributed by atoms with E-state index in [1.165, 1.54) is 9.80 Å². The van der Waals surface area contributed by atoms with Crippen LogP contribution in [0, 0.1) is 11.8 Å². The van der Waals surface area contributed by atoms with Gasteiger partial charge in [0.2, 0.25) is 0 Å². The van der Waals surface area contributed by atoms with Crippen LogP contribution < -0.4 is 0 Å². The summed E-state index contributed by atoms with van der Waals surface area (Å²) < 4.78 is 0. The van der Waals surface area contributed by atoms with Gasteiger partial charge in [0.1, 0.15) is 11.4 Å². The molecule has 4 aromatic rings. The molecule has 268 valence electrons. The van der Waals surface area contributed by atoms with E-state index in [1.54, 1.807) is 14.1 Å². The van der Waals surface area contributed by atoms with E-state index in [1.807, 2.05) is 48.5 Å². The molecule has 2 aromatic heterocycles. The molecule has 0 atom stereocenters. The van der Waals surface area contributed by atoms with Crippen molar-refractivity contribution in [1.29, 1.82) is 0 Å². The molecule has 2 aromatic carbocycles. The number of nitrogens with one attached hydrogen (secondary N) is 2. The summed E-state index contributed by atoms with van der Waals surface area (Å²) in [4.78, 5) is 69.9. The predicted octanol–water partition coefficient (Wildman–Crippen LogP) is 5.85. The van der Waals surface area contributed by atoms with Crippen molar-refractivity contribution in [1.82, 2.24) is 29.6 Å².